The number of rotatable bonds is 4. The molecule has 3 aromatic rings. The van der Waals surface area contributed by atoms with Crippen LogP contribution in [0.5, 0.6) is 0 Å². The van der Waals surface area contributed by atoms with Gasteiger partial charge in [0, 0.05) is 21.5 Å². The van der Waals surface area contributed by atoms with Crippen molar-refractivity contribution < 1.29 is 19.1 Å². The number of halogens is 1. The second-order valence-electron chi connectivity index (χ2n) is 8.09. The molecule has 0 radical (unpaired) electrons. The van der Waals surface area contributed by atoms with E-state index in [1.807, 2.05) is 37.5 Å². The SMILES string of the molecule is COC(=O)c1ccc(-n2c(C)cc(/C=C3\C(=O)NC(=S)N(c4ccc(Br)cc4)C3=O)c2C)c(C)c1. The smallest absolute Gasteiger partial charge is 0.337 e. The molecule has 1 fully saturated rings. The lowest BCUT2D eigenvalue weighted by atomic mass is 10.1. The molecule has 2 heterocycles. The van der Waals surface area contributed by atoms with Gasteiger partial charge < -0.3 is 9.30 Å². The van der Waals surface area contributed by atoms with Gasteiger partial charge in [-0.3, -0.25) is 19.8 Å². The summed E-state index contributed by atoms with van der Waals surface area (Å²) >= 11 is 8.66. The fourth-order valence-corrected chi connectivity index (χ4v) is 4.64. The van der Waals surface area contributed by atoms with E-state index < -0.39 is 17.8 Å². The van der Waals surface area contributed by atoms with Crippen LogP contribution in [0.4, 0.5) is 5.69 Å². The zero-order chi connectivity index (χ0) is 25.4. The zero-order valence-electron chi connectivity index (χ0n) is 19.5. The molecule has 0 saturated carbocycles. The number of amides is 2. The van der Waals surface area contributed by atoms with Gasteiger partial charge >= 0.3 is 5.97 Å². The van der Waals surface area contributed by atoms with Crippen molar-refractivity contribution in [2.24, 2.45) is 0 Å². The van der Waals surface area contributed by atoms with E-state index in [2.05, 4.69) is 21.2 Å². The van der Waals surface area contributed by atoms with Gasteiger partial charge in [-0.05, 0) is 98.7 Å². The molecular formula is C26H22BrN3O4S. The number of benzene rings is 2. The Bertz CT molecular complexity index is 1420. The predicted molar refractivity (Wildman–Crippen MR) is 142 cm³/mol. The normalized spacial score (nSPS) is 14.9. The standard InChI is InChI=1S/C26H22BrN3O4S/c1-14-11-17(25(33)34-4)5-10-22(14)29-15(2)12-18(16(29)3)13-21-23(31)28-26(35)30(24(21)32)20-8-6-19(27)7-9-20/h5-13H,1-4H3,(H,28,31,35)/b21-13+. The highest BCUT2D eigenvalue weighted by Gasteiger charge is 2.34. The molecular weight excluding hydrogens is 530 g/mol. The van der Waals surface area contributed by atoms with Gasteiger partial charge in [0.1, 0.15) is 5.57 Å². The second kappa shape index (κ2) is 9.59. The Labute approximate surface area is 216 Å². The van der Waals surface area contributed by atoms with Gasteiger partial charge in [0.15, 0.2) is 5.11 Å². The lowest BCUT2D eigenvalue weighted by Crippen LogP contribution is -2.54. The van der Waals surface area contributed by atoms with Crippen molar-refractivity contribution >= 4 is 62.8 Å². The minimum absolute atomic E-state index is 0.0143. The molecule has 1 N–H and O–H groups in total. The number of carbonyl (C=O) groups is 3. The summed E-state index contributed by atoms with van der Waals surface area (Å²) in [5.41, 5.74) is 5.25. The van der Waals surface area contributed by atoms with Gasteiger partial charge in [0.2, 0.25) is 0 Å². The Morgan fingerprint density at radius 2 is 1.74 bits per heavy atom. The molecule has 1 saturated heterocycles. The van der Waals surface area contributed by atoms with Crippen LogP contribution >= 0.6 is 28.1 Å². The van der Waals surface area contributed by atoms with Gasteiger partial charge in [-0.15, -0.1) is 0 Å². The van der Waals surface area contributed by atoms with Crippen molar-refractivity contribution in [3.05, 3.63) is 86.7 Å². The minimum atomic E-state index is -0.545. The predicted octanol–water partition coefficient (Wildman–Crippen LogP) is 4.78. The van der Waals surface area contributed by atoms with E-state index in [4.69, 9.17) is 17.0 Å². The second-order valence-corrected chi connectivity index (χ2v) is 9.39. The molecule has 178 valence electrons. The van der Waals surface area contributed by atoms with E-state index in [0.29, 0.717) is 11.3 Å². The van der Waals surface area contributed by atoms with Crippen molar-refractivity contribution in [1.82, 2.24) is 9.88 Å². The summed E-state index contributed by atoms with van der Waals surface area (Å²) in [4.78, 5) is 39.3. The molecule has 2 amide bonds. The molecule has 0 unspecified atom stereocenters. The van der Waals surface area contributed by atoms with Crippen molar-refractivity contribution in [3.8, 4) is 5.69 Å². The fourth-order valence-electron chi connectivity index (χ4n) is 4.09. The van der Waals surface area contributed by atoms with E-state index >= 15 is 0 Å². The van der Waals surface area contributed by atoms with Crippen LogP contribution in [0, 0.1) is 20.8 Å². The Hall–Kier alpha value is -3.56. The number of aromatic nitrogens is 1. The monoisotopic (exact) mass is 551 g/mol. The molecule has 0 atom stereocenters. The molecule has 0 aliphatic carbocycles. The number of nitrogens with one attached hydrogen (secondary N) is 1. The Balaban J connectivity index is 1.75. The average molecular weight is 552 g/mol. The van der Waals surface area contributed by atoms with Crippen molar-refractivity contribution in [2.45, 2.75) is 20.8 Å². The largest absolute Gasteiger partial charge is 0.465 e. The van der Waals surface area contributed by atoms with Gasteiger partial charge in [-0.2, -0.15) is 0 Å². The highest BCUT2D eigenvalue weighted by Crippen LogP contribution is 2.28. The summed E-state index contributed by atoms with van der Waals surface area (Å²) in [7, 11) is 1.35. The summed E-state index contributed by atoms with van der Waals surface area (Å²) in [6.45, 7) is 5.76. The van der Waals surface area contributed by atoms with E-state index in [9.17, 15) is 14.4 Å². The van der Waals surface area contributed by atoms with E-state index in [1.54, 1.807) is 42.5 Å². The summed E-state index contributed by atoms with van der Waals surface area (Å²) in [6.07, 6.45) is 1.59. The van der Waals surface area contributed by atoms with Crippen molar-refractivity contribution in [3.63, 3.8) is 0 Å². The van der Waals surface area contributed by atoms with Crippen LogP contribution in [0.2, 0.25) is 0 Å². The summed E-state index contributed by atoms with van der Waals surface area (Å²) < 4.78 is 7.69. The highest BCUT2D eigenvalue weighted by molar-refractivity contribution is 9.10. The first-order chi connectivity index (χ1) is 16.6. The molecule has 7 nitrogen and oxygen atoms in total. The van der Waals surface area contributed by atoms with Crippen LogP contribution in [0.1, 0.15) is 32.9 Å². The van der Waals surface area contributed by atoms with Gasteiger partial charge in [-0.25, -0.2) is 4.79 Å². The van der Waals surface area contributed by atoms with Crippen LogP contribution < -0.4 is 10.2 Å². The molecule has 1 aliphatic rings. The molecule has 1 aliphatic heterocycles. The molecule has 1 aromatic heterocycles. The maximum Gasteiger partial charge on any atom is 0.337 e. The number of esters is 1. The lowest BCUT2D eigenvalue weighted by Gasteiger charge is -2.29. The first-order valence-electron chi connectivity index (χ1n) is 10.7. The Kier molecular flexibility index (Phi) is 6.73. The summed E-state index contributed by atoms with van der Waals surface area (Å²) in [6, 6.07) is 14.3. The van der Waals surface area contributed by atoms with Crippen LogP contribution in [0.25, 0.3) is 11.8 Å². The maximum absolute atomic E-state index is 13.3. The third kappa shape index (κ3) is 4.56. The van der Waals surface area contributed by atoms with Crippen LogP contribution in [-0.4, -0.2) is 34.6 Å². The highest BCUT2D eigenvalue weighted by atomic mass is 79.9. The Morgan fingerprint density at radius 3 is 2.37 bits per heavy atom. The molecule has 9 heteroatoms. The molecule has 0 spiro atoms. The topological polar surface area (TPSA) is 80.6 Å². The van der Waals surface area contributed by atoms with E-state index in [-0.39, 0.29) is 10.7 Å². The van der Waals surface area contributed by atoms with Gasteiger partial charge in [0.25, 0.3) is 11.8 Å². The number of carbonyl (C=O) groups excluding carboxylic acids is 3. The number of nitrogens with zero attached hydrogens (tertiary/aromatic N) is 2. The number of anilines is 1. The number of hydrogen-bond acceptors (Lipinski definition) is 5. The van der Waals surface area contributed by atoms with Crippen LogP contribution in [0.15, 0.2) is 58.6 Å². The van der Waals surface area contributed by atoms with Crippen molar-refractivity contribution in [1.29, 1.82) is 0 Å². The minimum Gasteiger partial charge on any atom is -0.465 e. The quantitative estimate of drug-likeness (QED) is 0.218. The third-order valence-corrected chi connectivity index (χ3v) is 6.63. The maximum atomic E-state index is 13.3. The number of ether oxygens (including phenoxy) is 1. The first-order valence-corrected chi connectivity index (χ1v) is 11.9. The summed E-state index contributed by atoms with van der Waals surface area (Å²) in [5.74, 6) is -1.44. The van der Waals surface area contributed by atoms with Crippen molar-refractivity contribution in [2.75, 3.05) is 12.0 Å². The fraction of sp³-hybridized carbons (Fsp3) is 0.154. The first kappa shape index (κ1) is 24.6. The molecule has 2 aromatic carbocycles. The van der Waals surface area contributed by atoms with Gasteiger partial charge in [-0.1, -0.05) is 15.9 Å². The van der Waals surface area contributed by atoms with Crippen LogP contribution in [-0.2, 0) is 14.3 Å². The average Bonchev–Trinajstić information content (AvgIpc) is 3.09. The van der Waals surface area contributed by atoms with Crippen LogP contribution in [0.3, 0.4) is 0 Å². The number of thiocarbonyl (C=S) groups is 1. The van der Waals surface area contributed by atoms with E-state index in [0.717, 1.165) is 32.7 Å². The molecule has 35 heavy (non-hydrogen) atoms. The third-order valence-electron chi connectivity index (χ3n) is 5.82. The Morgan fingerprint density at radius 1 is 1.06 bits per heavy atom. The molecule has 0 bridgehead atoms. The number of methoxy groups -OCH3 is 1. The number of hydrogen-bond donors (Lipinski definition) is 1. The zero-order valence-corrected chi connectivity index (χ0v) is 21.9. The van der Waals surface area contributed by atoms with Gasteiger partial charge in [0.05, 0.1) is 18.4 Å². The van der Waals surface area contributed by atoms with E-state index in [1.165, 1.54) is 12.0 Å². The molecule has 4 rings (SSSR count). The lowest BCUT2D eigenvalue weighted by molar-refractivity contribution is -0.122. The number of aryl methyl sites for hydroxylation is 2. The summed E-state index contributed by atoms with van der Waals surface area (Å²) in [5, 5.41) is 2.65.